The molecule has 17 nitrogen and oxygen atoms in total. The zero-order chi connectivity index (χ0) is 41.6. The monoisotopic (exact) mass is 861 g/mol. The minimum absolute atomic E-state index is 0.124. The Morgan fingerprint density at radius 1 is 0.789 bits per heavy atom. The summed E-state index contributed by atoms with van der Waals surface area (Å²) in [5, 5.41) is 0. The summed E-state index contributed by atoms with van der Waals surface area (Å²) in [6.07, 6.45) is 19.8. The predicted molar refractivity (Wildman–Crippen MR) is 217 cm³/mol. The number of benzene rings is 1. The molecule has 20 heteroatoms. The van der Waals surface area contributed by atoms with E-state index in [1.54, 1.807) is 18.4 Å². The molecule has 57 heavy (non-hydrogen) atoms. The molecular weight excluding hydrogens is 799 g/mol. The maximum Gasteiger partial charge on any atom is 0.488 e. The lowest BCUT2D eigenvalue weighted by molar-refractivity contribution is -0.134. The predicted octanol–water partition coefficient (Wildman–Crippen LogP) is 10.0. The number of ether oxygens (including phenoxy) is 2. The number of aromatic nitrogens is 4. The van der Waals surface area contributed by atoms with Gasteiger partial charge in [0.1, 0.15) is 23.9 Å². The van der Waals surface area contributed by atoms with Crippen LogP contribution in [0.4, 0.5) is 5.82 Å². The van der Waals surface area contributed by atoms with Crippen molar-refractivity contribution in [1.82, 2.24) is 19.5 Å². The highest BCUT2D eigenvalue weighted by Gasteiger charge is 2.43. The van der Waals surface area contributed by atoms with Crippen molar-refractivity contribution >= 4 is 46.2 Å². The molecule has 1 aromatic carbocycles. The van der Waals surface area contributed by atoms with Crippen molar-refractivity contribution in [3.63, 3.8) is 0 Å². The third-order valence-corrected chi connectivity index (χ3v) is 13.8. The molecular formula is C37H62N5O12P3. The number of hydrogen-bond donors (Lipinski definition) is 3. The van der Waals surface area contributed by atoms with E-state index in [0.717, 1.165) is 25.7 Å². The van der Waals surface area contributed by atoms with Crippen LogP contribution in [0.2, 0.25) is 0 Å². The number of esters is 1. The Morgan fingerprint density at radius 2 is 1.37 bits per heavy atom. The second kappa shape index (κ2) is 25.8. The van der Waals surface area contributed by atoms with Crippen LogP contribution in [0.1, 0.15) is 135 Å². The molecule has 0 fully saturated rings. The van der Waals surface area contributed by atoms with Gasteiger partial charge >= 0.3 is 29.2 Å². The molecule has 0 radical (unpaired) electrons. The Morgan fingerprint density at radius 3 is 1.95 bits per heavy atom. The summed E-state index contributed by atoms with van der Waals surface area (Å²) in [7, 11) is -15.4. The third-order valence-electron chi connectivity index (χ3n) is 8.92. The maximum atomic E-state index is 13.7. The molecule has 0 amide bonds. The summed E-state index contributed by atoms with van der Waals surface area (Å²) in [5.41, 5.74) is 7.05. The molecule has 4 atom stereocenters. The summed E-state index contributed by atoms with van der Waals surface area (Å²) in [6, 6.07) is 6.05. The Balaban J connectivity index is 1.47. The van der Waals surface area contributed by atoms with Crippen molar-refractivity contribution in [2.45, 2.75) is 149 Å². The number of nitrogen functional groups attached to an aromatic ring is 1. The molecule has 322 valence electrons. The van der Waals surface area contributed by atoms with Gasteiger partial charge < -0.3 is 29.6 Å². The number of anilines is 1. The second-order valence-corrected chi connectivity index (χ2v) is 19.2. The largest absolute Gasteiger partial charge is 0.488 e. The molecule has 2 heterocycles. The summed E-state index contributed by atoms with van der Waals surface area (Å²) < 4.78 is 72.0. The van der Waals surface area contributed by atoms with Crippen LogP contribution < -0.4 is 10.5 Å². The van der Waals surface area contributed by atoms with Crippen molar-refractivity contribution < 1.29 is 55.4 Å². The molecule has 0 aliphatic carbocycles. The lowest BCUT2D eigenvalue weighted by atomic mass is 10.0. The van der Waals surface area contributed by atoms with Gasteiger partial charge in [0, 0.05) is 6.42 Å². The highest BCUT2D eigenvalue weighted by Crippen LogP contribution is 2.69. The first-order valence-corrected chi connectivity index (χ1v) is 24.8. The highest BCUT2D eigenvalue weighted by molar-refractivity contribution is 7.68. The molecule has 0 saturated heterocycles. The summed E-state index contributed by atoms with van der Waals surface area (Å²) in [5.74, 6) is 0.0408. The first-order valence-electron chi connectivity index (χ1n) is 20.0. The van der Waals surface area contributed by atoms with E-state index < -0.39 is 48.3 Å². The van der Waals surface area contributed by atoms with Crippen LogP contribution in [-0.2, 0) is 54.0 Å². The molecule has 0 bridgehead atoms. The molecule has 4 N–H and O–H groups in total. The number of nitrogens with two attached hydrogens (primary N) is 1. The fourth-order valence-electron chi connectivity index (χ4n) is 5.83. The molecule has 3 rings (SSSR count). The Labute approximate surface area is 336 Å². The Hall–Kier alpha value is -2.55. The molecule has 3 aromatic rings. The van der Waals surface area contributed by atoms with E-state index in [1.165, 1.54) is 108 Å². The number of imidazole rings is 1. The van der Waals surface area contributed by atoms with E-state index in [2.05, 4.69) is 26.2 Å². The summed E-state index contributed by atoms with van der Waals surface area (Å²) in [4.78, 5) is 44.7. The molecule has 0 aliphatic rings. The standard InChI is InChI=1S/C37H62N5O12P3/c1-4-6-7-8-9-10-11-12-13-14-15-16-17-18-19-20-25-50-57(48,51-27-32-21-23-33(24-22-32)52-34(43)5-2)54-56(46,47)53-55(44,45)30-49-31(3)26-42-29-41-35-36(38)39-28-40-37(35)42/h21-24,28-29,31H,4-20,25-27,30H2,1-3H3,(H,44,45)(H,46,47)(H2,38,39,40)/t31-,57?/m1/s1. The van der Waals surface area contributed by atoms with Crippen molar-refractivity contribution in [2.75, 3.05) is 18.7 Å². The normalized spacial score (nSPS) is 15.5. The number of carbonyl (C=O) groups is 1. The fourth-order valence-corrected chi connectivity index (χ4v) is 10.3. The van der Waals surface area contributed by atoms with Gasteiger partial charge in [-0.15, -0.1) is 0 Å². The third kappa shape index (κ3) is 19.8. The molecule has 3 unspecified atom stereocenters. The lowest BCUT2D eigenvalue weighted by Gasteiger charge is -2.22. The maximum absolute atomic E-state index is 13.7. The van der Waals surface area contributed by atoms with Crippen LogP contribution in [0.3, 0.4) is 0 Å². The zero-order valence-electron chi connectivity index (χ0n) is 33.6. The van der Waals surface area contributed by atoms with Gasteiger partial charge in [0.2, 0.25) is 0 Å². The number of phosphoric ester groups is 1. The minimum Gasteiger partial charge on any atom is -0.427 e. The van der Waals surface area contributed by atoms with Crippen molar-refractivity contribution in [2.24, 2.45) is 0 Å². The fraction of sp³-hybridized carbons (Fsp3) is 0.676. The number of nitrogens with zero attached hydrogens (tertiary/aromatic N) is 4. The summed E-state index contributed by atoms with van der Waals surface area (Å²) in [6.45, 7) is 5.06. The van der Waals surface area contributed by atoms with Crippen LogP contribution in [-0.4, -0.2) is 54.3 Å². The van der Waals surface area contributed by atoms with Gasteiger partial charge in [-0.2, -0.15) is 4.31 Å². The van der Waals surface area contributed by atoms with E-state index in [9.17, 15) is 28.3 Å². The molecule has 2 aromatic heterocycles. The van der Waals surface area contributed by atoms with E-state index >= 15 is 0 Å². The Bertz CT molecular complexity index is 1760. The van der Waals surface area contributed by atoms with Gasteiger partial charge in [0.25, 0.3) is 0 Å². The van der Waals surface area contributed by atoms with Crippen LogP contribution in [0.25, 0.3) is 11.2 Å². The number of hydrogen-bond acceptors (Lipinski definition) is 14. The van der Waals surface area contributed by atoms with Gasteiger partial charge in [-0.05, 0) is 31.0 Å². The van der Waals surface area contributed by atoms with Gasteiger partial charge in [-0.25, -0.2) is 28.4 Å². The van der Waals surface area contributed by atoms with Crippen LogP contribution in [0.5, 0.6) is 5.75 Å². The number of phosphoric acid groups is 2. The topological polar surface area (TPSA) is 234 Å². The van der Waals surface area contributed by atoms with Gasteiger partial charge in [-0.1, -0.05) is 122 Å². The van der Waals surface area contributed by atoms with Crippen molar-refractivity contribution in [1.29, 1.82) is 0 Å². The lowest BCUT2D eigenvalue weighted by Crippen LogP contribution is -2.17. The summed E-state index contributed by atoms with van der Waals surface area (Å²) >= 11 is 0. The average Bonchev–Trinajstić information content (AvgIpc) is 3.58. The van der Waals surface area contributed by atoms with Gasteiger partial charge in [0.15, 0.2) is 11.5 Å². The SMILES string of the molecule is CCCCCCCCCCCCCCCCCCOP(=O)(OCc1ccc(OC(=O)CC)cc1)OP(=O)(O)OP(=O)(O)CO[C@H](C)Cn1cnc2c(N)ncnc21. The Kier molecular flexibility index (Phi) is 22.1. The van der Waals surface area contributed by atoms with E-state index in [4.69, 9.17) is 28.6 Å². The smallest absolute Gasteiger partial charge is 0.427 e. The quantitative estimate of drug-likeness (QED) is 0.0229. The van der Waals surface area contributed by atoms with Crippen LogP contribution in [0, 0.1) is 0 Å². The average molecular weight is 862 g/mol. The van der Waals surface area contributed by atoms with E-state index in [0.29, 0.717) is 23.1 Å². The second-order valence-electron chi connectivity index (χ2n) is 14.0. The van der Waals surface area contributed by atoms with Gasteiger partial charge in [-0.3, -0.25) is 18.4 Å². The van der Waals surface area contributed by atoms with E-state index in [1.807, 2.05) is 0 Å². The molecule has 0 saturated carbocycles. The van der Waals surface area contributed by atoms with Gasteiger partial charge in [0.05, 0.1) is 32.2 Å². The van der Waals surface area contributed by atoms with Crippen molar-refractivity contribution in [3.8, 4) is 5.75 Å². The molecule has 0 spiro atoms. The number of carbonyl (C=O) groups excluding carboxylic acids is 1. The molecule has 0 aliphatic heterocycles. The highest BCUT2D eigenvalue weighted by atomic mass is 31.3. The first kappa shape index (κ1) is 48.8. The number of rotatable bonds is 32. The number of fused-ring (bicyclic) bond motifs is 1. The van der Waals surface area contributed by atoms with Crippen LogP contribution in [0.15, 0.2) is 36.9 Å². The first-order chi connectivity index (χ1) is 27.2. The van der Waals surface area contributed by atoms with E-state index in [-0.39, 0.29) is 31.1 Å². The minimum atomic E-state index is -5.54. The van der Waals surface area contributed by atoms with Crippen molar-refractivity contribution in [3.05, 3.63) is 42.5 Å². The number of unbranched alkanes of at least 4 members (excludes halogenated alkanes) is 15. The van der Waals surface area contributed by atoms with Crippen LogP contribution >= 0.6 is 23.2 Å². The zero-order valence-corrected chi connectivity index (χ0v) is 36.3.